The summed E-state index contributed by atoms with van der Waals surface area (Å²) in [6, 6.07) is 0. The first-order chi connectivity index (χ1) is 4.41. The van der Waals surface area contributed by atoms with E-state index in [2.05, 4.69) is 0 Å². The molecule has 2 heteroatoms. The molecular formula is C7H13O2. The number of hydrogen-bond donors (Lipinski definition) is 0. The maximum Gasteiger partial charge on any atom is 0.0896 e. The summed E-state index contributed by atoms with van der Waals surface area (Å²) in [7, 11) is 0. The summed E-state index contributed by atoms with van der Waals surface area (Å²) in [5.41, 5.74) is 0. The molecular weight excluding hydrogens is 116 g/mol. The third-order valence-electron chi connectivity index (χ3n) is 0.835. The van der Waals surface area contributed by atoms with Gasteiger partial charge in [0.2, 0.25) is 0 Å². The standard InChI is InChI=1S/C7H13O2/c1-2-3-6-9-7-4-5-8/h3,6H,2,4-5,7H2,1H3/b6-3+. The molecule has 53 valence electrons. The van der Waals surface area contributed by atoms with Crippen molar-refractivity contribution in [2.24, 2.45) is 0 Å². The average Bonchev–Trinajstić information content (AvgIpc) is 1.89. The molecule has 0 aliphatic carbocycles. The first-order valence-electron chi connectivity index (χ1n) is 3.26. The van der Waals surface area contributed by atoms with Crippen LogP contribution in [0, 0.1) is 0 Å². The van der Waals surface area contributed by atoms with Crippen LogP contribution in [0.25, 0.3) is 0 Å². The van der Waals surface area contributed by atoms with Crippen LogP contribution in [0.3, 0.4) is 0 Å². The highest BCUT2D eigenvalue weighted by atomic mass is 16.5. The Balaban J connectivity index is 2.82. The predicted molar refractivity (Wildman–Crippen MR) is 35.6 cm³/mol. The molecule has 0 saturated heterocycles. The normalized spacial score (nSPS) is 10.4. The Bertz CT molecular complexity index is 69.3. The van der Waals surface area contributed by atoms with Gasteiger partial charge < -0.3 is 4.74 Å². The second-order valence-corrected chi connectivity index (χ2v) is 1.71. The van der Waals surface area contributed by atoms with Crippen LogP contribution in [0.1, 0.15) is 19.8 Å². The number of allylic oxidation sites excluding steroid dienone is 1. The van der Waals surface area contributed by atoms with Gasteiger partial charge in [-0.25, -0.2) is 5.11 Å². The summed E-state index contributed by atoms with van der Waals surface area (Å²) < 4.78 is 4.93. The molecule has 0 aliphatic rings. The summed E-state index contributed by atoms with van der Waals surface area (Å²) in [6.07, 6.45) is 5.16. The number of ether oxygens (including phenoxy) is 1. The van der Waals surface area contributed by atoms with Gasteiger partial charge in [-0.05, 0) is 6.42 Å². The van der Waals surface area contributed by atoms with Crippen molar-refractivity contribution in [3.8, 4) is 0 Å². The molecule has 0 saturated carbocycles. The van der Waals surface area contributed by atoms with Gasteiger partial charge in [-0.2, -0.15) is 0 Å². The molecule has 2 nitrogen and oxygen atoms in total. The van der Waals surface area contributed by atoms with Gasteiger partial charge in [-0.1, -0.05) is 13.0 Å². The molecule has 0 rings (SSSR count). The molecule has 0 aromatic heterocycles. The fourth-order valence-electron chi connectivity index (χ4n) is 0.375. The Morgan fingerprint density at radius 3 is 2.89 bits per heavy atom. The summed E-state index contributed by atoms with van der Waals surface area (Å²) >= 11 is 0. The SMILES string of the molecule is CC/C=C/OCCC[O]. The maximum absolute atomic E-state index is 9.86. The molecule has 0 unspecified atom stereocenters. The van der Waals surface area contributed by atoms with E-state index in [4.69, 9.17) is 4.74 Å². The Hall–Kier alpha value is -0.500. The summed E-state index contributed by atoms with van der Waals surface area (Å²) in [5.74, 6) is 0. The quantitative estimate of drug-likeness (QED) is 0.410. The molecule has 1 radical (unpaired) electrons. The zero-order chi connectivity index (χ0) is 6.95. The Labute approximate surface area is 56.1 Å². The number of hydrogen-bond acceptors (Lipinski definition) is 1. The van der Waals surface area contributed by atoms with Crippen LogP contribution < -0.4 is 0 Å². The second kappa shape index (κ2) is 7.50. The highest BCUT2D eigenvalue weighted by molar-refractivity contribution is 4.70. The van der Waals surface area contributed by atoms with Crippen LogP contribution in [0.2, 0.25) is 0 Å². The predicted octanol–water partition coefficient (Wildman–Crippen LogP) is 1.75. The van der Waals surface area contributed by atoms with Crippen molar-refractivity contribution in [3.63, 3.8) is 0 Å². The molecule has 0 fully saturated rings. The average molecular weight is 129 g/mol. The Morgan fingerprint density at radius 1 is 1.56 bits per heavy atom. The molecule has 0 bridgehead atoms. The van der Waals surface area contributed by atoms with Crippen molar-refractivity contribution in [1.29, 1.82) is 0 Å². The van der Waals surface area contributed by atoms with E-state index >= 15 is 0 Å². The van der Waals surface area contributed by atoms with Crippen molar-refractivity contribution in [3.05, 3.63) is 12.3 Å². The van der Waals surface area contributed by atoms with Gasteiger partial charge in [0.1, 0.15) is 0 Å². The smallest absolute Gasteiger partial charge is 0.0896 e. The molecule has 0 heterocycles. The lowest BCUT2D eigenvalue weighted by atomic mass is 10.5. The van der Waals surface area contributed by atoms with Gasteiger partial charge in [0.15, 0.2) is 0 Å². The van der Waals surface area contributed by atoms with Gasteiger partial charge in [0.25, 0.3) is 0 Å². The van der Waals surface area contributed by atoms with Crippen LogP contribution in [0.5, 0.6) is 0 Å². The minimum absolute atomic E-state index is 0.0417. The van der Waals surface area contributed by atoms with Gasteiger partial charge >= 0.3 is 0 Å². The minimum Gasteiger partial charge on any atom is -0.501 e. The van der Waals surface area contributed by atoms with Crippen LogP contribution in [0.15, 0.2) is 12.3 Å². The monoisotopic (exact) mass is 129 g/mol. The van der Waals surface area contributed by atoms with E-state index in [1.807, 2.05) is 13.0 Å². The highest BCUT2D eigenvalue weighted by Crippen LogP contribution is 1.84. The highest BCUT2D eigenvalue weighted by Gasteiger charge is 1.80. The van der Waals surface area contributed by atoms with Crippen LogP contribution in [0.4, 0.5) is 0 Å². The van der Waals surface area contributed by atoms with Gasteiger partial charge in [0.05, 0.1) is 19.5 Å². The molecule has 9 heavy (non-hydrogen) atoms. The summed E-state index contributed by atoms with van der Waals surface area (Å²) in [6.45, 7) is 2.55. The Morgan fingerprint density at radius 2 is 2.33 bits per heavy atom. The van der Waals surface area contributed by atoms with E-state index in [0.29, 0.717) is 13.0 Å². The first-order valence-corrected chi connectivity index (χ1v) is 3.26. The third kappa shape index (κ3) is 7.50. The van der Waals surface area contributed by atoms with E-state index in [0.717, 1.165) is 6.42 Å². The zero-order valence-electron chi connectivity index (χ0n) is 5.80. The van der Waals surface area contributed by atoms with Crippen LogP contribution >= 0.6 is 0 Å². The number of rotatable bonds is 5. The summed E-state index contributed by atoms with van der Waals surface area (Å²) in [4.78, 5) is 0. The minimum atomic E-state index is -0.0417. The molecule has 0 N–H and O–H groups in total. The van der Waals surface area contributed by atoms with Crippen LogP contribution in [-0.2, 0) is 9.84 Å². The lowest BCUT2D eigenvalue weighted by Gasteiger charge is -1.94. The largest absolute Gasteiger partial charge is 0.501 e. The van der Waals surface area contributed by atoms with Crippen molar-refractivity contribution in [2.45, 2.75) is 19.8 Å². The van der Waals surface area contributed by atoms with E-state index in [1.165, 1.54) is 0 Å². The Kier molecular flexibility index (Phi) is 7.08. The van der Waals surface area contributed by atoms with Crippen molar-refractivity contribution in [2.75, 3.05) is 13.2 Å². The second-order valence-electron chi connectivity index (χ2n) is 1.71. The summed E-state index contributed by atoms with van der Waals surface area (Å²) in [5, 5.41) is 9.86. The van der Waals surface area contributed by atoms with Gasteiger partial charge in [0, 0.05) is 6.42 Å². The molecule has 0 aliphatic heterocycles. The molecule has 0 spiro atoms. The zero-order valence-corrected chi connectivity index (χ0v) is 5.80. The van der Waals surface area contributed by atoms with E-state index in [-0.39, 0.29) is 6.61 Å². The van der Waals surface area contributed by atoms with Crippen molar-refractivity contribution >= 4 is 0 Å². The lowest BCUT2D eigenvalue weighted by molar-refractivity contribution is 0.150. The van der Waals surface area contributed by atoms with E-state index in [9.17, 15) is 5.11 Å². The molecule has 0 atom stereocenters. The van der Waals surface area contributed by atoms with Gasteiger partial charge in [-0.15, -0.1) is 0 Å². The van der Waals surface area contributed by atoms with Crippen molar-refractivity contribution < 1.29 is 9.84 Å². The molecule has 0 aromatic carbocycles. The maximum atomic E-state index is 9.86. The molecule has 0 amide bonds. The van der Waals surface area contributed by atoms with Crippen LogP contribution in [-0.4, -0.2) is 13.2 Å². The van der Waals surface area contributed by atoms with E-state index < -0.39 is 0 Å². The lowest BCUT2D eigenvalue weighted by Crippen LogP contribution is -1.89. The first kappa shape index (κ1) is 8.50. The topological polar surface area (TPSA) is 29.1 Å². The fourth-order valence-corrected chi connectivity index (χ4v) is 0.375. The fraction of sp³-hybridized carbons (Fsp3) is 0.714. The molecule has 0 aromatic rings. The van der Waals surface area contributed by atoms with Crippen molar-refractivity contribution in [1.82, 2.24) is 0 Å². The van der Waals surface area contributed by atoms with E-state index in [1.54, 1.807) is 6.26 Å². The third-order valence-corrected chi connectivity index (χ3v) is 0.835. The van der Waals surface area contributed by atoms with Gasteiger partial charge in [-0.3, -0.25) is 0 Å².